The van der Waals surface area contributed by atoms with Gasteiger partial charge in [0.15, 0.2) is 0 Å². The van der Waals surface area contributed by atoms with E-state index in [1.807, 2.05) is 30.3 Å². The number of hydrogen-bond donors (Lipinski definition) is 4. The minimum atomic E-state index is -4.44. The zero-order valence-electron chi connectivity index (χ0n) is 12.9. The predicted octanol–water partition coefficient (Wildman–Crippen LogP) is 3.90. The highest BCUT2D eigenvalue weighted by atomic mass is 19.4. The molecule has 1 atom stereocenters. The summed E-state index contributed by atoms with van der Waals surface area (Å²) in [5, 5.41) is 22.2. The molecule has 130 valence electrons. The van der Waals surface area contributed by atoms with Crippen molar-refractivity contribution < 1.29 is 18.3 Å². The number of aliphatic hydroxyl groups excluding tert-OH is 1. The van der Waals surface area contributed by atoms with Crippen LogP contribution in [0.25, 0.3) is 11.3 Å². The van der Waals surface area contributed by atoms with Gasteiger partial charge >= 0.3 is 6.18 Å². The van der Waals surface area contributed by atoms with Crippen LogP contribution in [-0.4, -0.2) is 21.7 Å². The van der Waals surface area contributed by atoms with E-state index in [9.17, 15) is 18.3 Å². The van der Waals surface area contributed by atoms with Gasteiger partial charge in [0.2, 0.25) is 6.35 Å². The quantitative estimate of drug-likeness (QED) is 0.528. The van der Waals surface area contributed by atoms with E-state index in [2.05, 4.69) is 20.8 Å². The van der Waals surface area contributed by atoms with E-state index in [1.165, 1.54) is 12.1 Å². The Balaban J connectivity index is 1.72. The molecule has 3 aromatic rings. The van der Waals surface area contributed by atoms with Crippen molar-refractivity contribution in [1.29, 1.82) is 0 Å². The number of aromatic amines is 1. The summed E-state index contributed by atoms with van der Waals surface area (Å²) in [5.41, 5.74) is 1.28. The fraction of sp³-hybridized carbons (Fsp3) is 0.118. The predicted molar refractivity (Wildman–Crippen MR) is 88.7 cm³/mol. The number of anilines is 2. The third-order valence-corrected chi connectivity index (χ3v) is 3.47. The molecular formula is C17H15F3N4O. The highest BCUT2D eigenvalue weighted by Crippen LogP contribution is 2.31. The summed E-state index contributed by atoms with van der Waals surface area (Å²) in [4.78, 5) is 0. The van der Waals surface area contributed by atoms with Gasteiger partial charge in [-0.1, -0.05) is 36.4 Å². The van der Waals surface area contributed by atoms with Crippen molar-refractivity contribution in [3.63, 3.8) is 0 Å². The number of aliphatic hydroxyl groups is 1. The molecule has 2 aromatic carbocycles. The molecule has 0 saturated heterocycles. The largest absolute Gasteiger partial charge is 0.416 e. The zero-order chi connectivity index (χ0) is 17.9. The second kappa shape index (κ2) is 6.86. The Kier molecular flexibility index (Phi) is 4.62. The summed E-state index contributed by atoms with van der Waals surface area (Å²) in [6.07, 6.45) is -4.19. The molecule has 8 heteroatoms. The van der Waals surface area contributed by atoms with Crippen LogP contribution >= 0.6 is 0 Å². The number of nitrogens with one attached hydrogen (secondary N) is 3. The normalized spacial score (nSPS) is 12.6. The first kappa shape index (κ1) is 16.8. The molecule has 5 nitrogen and oxygen atoms in total. The van der Waals surface area contributed by atoms with Crippen LogP contribution in [0.5, 0.6) is 0 Å². The number of alkyl halides is 3. The maximum absolute atomic E-state index is 12.7. The number of hydrogen-bond acceptors (Lipinski definition) is 4. The molecular weight excluding hydrogens is 333 g/mol. The summed E-state index contributed by atoms with van der Waals surface area (Å²) >= 11 is 0. The highest BCUT2D eigenvalue weighted by molar-refractivity contribution is 5.73. The lowest BCUT2D eigenvalue weighted by atomic mass is 10.1. The van der Waals surface area contributed by atoms with Gasteiger partial charge in [0.1, 0.15) is 5.69 Å². The van der Waals surface area contributed by atoms with Crippen molar-refractivity contribution in [3.05, 3.63) is 66.4 Å². The SMILES string of the molecule is OC(Nc1cccc(C(F)(F)F)c1)Nc1c[nH]nc1-c1ccccc1. The Morgan fingerprint density at radius 2 is 1.76 bits per heavy atom. The Morgan fingerprint density at radius 1 is 1.00 bits per heavy atom. The third-order valence-electron chi connectivity index (χ3n) is 3.47. The van der Waals surface area contributed by atoms with Crippen LogP contribution in [0.4, 0.5) is 24.5 Å². The minimum absolute atomic E-state index is 0.139. The third kappa shape index (κ3) is 4.10. The van der Waals surface area contributed by atoms with Crippen LogP contribution in [-0.2, 0) is 6.18 Å². The maximum atomic E-state index is 12.7. The molecule has 0 radical (unpaired) electrons. The summed E-state index contributed by atoms with van der Waals surface area (Å²) in [6, 6.07) is 13.9. The molecule has 25 heavy (non-hydrogen) atoms. The molecule has 0 aliphatic carbocycles. The van der Waals surface area contributed by atoms with Crippen molar-refractivity contribution in [3.8, 4) is 11.3 Å². The fourth-order valence-electron chi connectivity index (χ4n) is 2.34. The van der Waals surface area contributed by atoms with Crippen molar-refractivity contribution in [2.45, 2.75) is 12.5 Å². The Hall–Kier alpha value is -3.00. The van der Waals surface area contributed by atoms with E-state index >= 15 is 0 Å². The fourth-order valence-corrected chi connectivity index (χ4v) is 2.34. The Labute approximate surface area is 141 Å². The van der Waals surface area contributed by atoms with E-state index in [0.717, 1.165) is 17.7 Å². The van der Waals surface area contributed by atoms with Gasteiger partial charge in [0, 0.05) is 17.4 Å². The van der Waals surface area contributed by atoms with Gasteiger partial charge in [-0.25, -0.2) is 0 Å². The number of rotatable bonds is 5. The molecule has 0 fully saturated rings. The summed E-state index contributed by atoms with van der Waals surface area (Å²) in [5.74, 6) is 0. The number of halogens is 3. The molecule has 0 aliphatic heterocycles. The first-order valence-electron chi connectivity index (χ1n) is 7.41. The minimum Gasteiger partial charge on any atom is -0.357 e. The van der Waals surface area contributed by atoms with E-state index in [4.69, 9.17) is 0 Å². The van der Waals surface area contributed by atoms with Crippen LogP contribution in [0, 0.1) is 0 Å². The number of nitrogens with zero attached hydrogens (tertiary/aromatic N) is 1. The molecule has 1 unspecified atom stereocenters. The van der Waals surface area contributed by atoms with Gasteiger partial charge < -0.3 is 15.7 Å². The first-order chi connectivity index (χ1) is 11.9. The second-order valence-corrected chi connectivity index (χ2v) is 5.28. The van der Waals surface area contributed by atoms with E-state index in [-0.39, 0.29) is 5.69 Å². The molecule has 3 rings (SSSR count). The van der Waals surface area contributed by atoms with Gasteiger partial charge in [-0.2, -0.15) is 18.3 Å². The van der Waals surface area contributed by atoms with Gasteiger partial charge in [-0.15, -0.1) is 0 Å². The molecule has 1 heterocycles. The van der Waals surface area contributed by atoms with E-state index in [0.29, 0.717) is 11.4 Å². The summed E-state index contributed by atoms with van der Waals surface area (Å²) < 4.78 is 38.2. The molecule has 4 N–H and O–H groups in total. The van der Waals surface area contributed by atoms with Crippen molar-refractivity contribution in [2.24, 2.45) is 0 Å². The molecule has 0 saturated carbocycles. The van der Waals surface area contributed by atoms with Crippen LogP contribution in [0.1, 0.15) is 5.56 Å². The van der Waals surface area contributed by atoms with Crippen LogP contribution < -0.4 is 10.6 Å². The van der Waals surface area contributed by atoms with Crippen molar-refractivity contribution in [1.82, 2.24) is 10.2 Å². The van der Waals surface area contributed by atoms with E-state index < -0.39 is 18.1 Å². The molecule has 0 spiro atoms. The average Bonchev–Trinajstić information content (AvgIpc) is 3.03. The van der Waals surface area contributed by atoms with E-state index in [1.54, 1.807) is 6.20 Å². The molecule has 1 aromatic heterocycles. The Bertz CT molecular complexity index is 833. The molecule has 0 aliphatic rings. The van der Waals surface area contributed by atoms with Crippen LogP contribution in [0.15, 0.2) is 60.8 Å². The zero-order valence-corrected chi connectivity index (χ0v) is 12.9. The van der Waals surface area contributed by atoms with Gasteiger partial charge in [-0.3, -0.25) is 5.10 Å². The second-order valence-electron chi connectivity index (χ2n) is 5.28. The highest BCUT2D eigenvalue weighted by Gasteiger charge is 2.30. The molecule has 0 amide bonds. The van der Waals surface area contributed by atoms with Crippen molar-refractivity contribution in [2.75, 3.05) is 10.6 Å². The summed E-state index contributed by atoms with van der Waals surface area (Å²) in [7, 11) is 0. The number of benzene rings is 2. The topological polar surface area (TPSA) is 73.0 Å². The van der Waals surface area contributed by atoms with Crippen LogP contribution in [0.3, 0.4) is 0 Å². The molecule has 0 bridgehead atoms. The smallest absolute Gasteiger partial charge is 0.357 e. The standard InChI is InChI=1S/C17H15F3N4O/c18-17(19,20)12-7-4-8-13(9-12)22-16(25)23-14-10-21-24-15(14)11-5-2-1-3-6-11/h1-10,16,22-23,25H,(H,21,24). The van der Waals surface area contributed by atoms with Crippen molar-refractivity contribution >= 4 is 11.4 Å². The van der Waals surface area contributed by atoms with Gasteiger partial charge in [0.05, 0.1) is 11.3 Å². The van der Waals surface area contributed by atoms with Gasteiger partial charge in [0.25, 0.3) is 0 Å². The number of H-pyrrole nitrogens is 1. The maximum Gasteiger partial charge on any atom is 0.416 e. The number of aromatic nitrogens is 2. The van der Waals surface area contributed by atoms with Crippen LogP contribution in [0.2, 0.25) is 0 Å². The first-order valence-corrected chi connectivity index (χ1v) is 7.41. The van der Waals surface area contributed by atoms with Gasteiger partial charge in [-0.05, 0) is 18.2 Å². The average molecular weight is 348 g/mol. The lowest BCUT2D eigenvalue weighted by molar-refractivity contribution is -0.137. The lowest BCUT2D eigenvalue weighted by Crippen LogP contribution is -2.28. The summed E-state index contributed by atoms with van der Waals surface area (Å²) in [6.45, 7) is 0. The Morgan fingerprint density at radius 3 is 2.48 bits per heavy atom. The monoisotopic (exact) mass is 348 g/mol. The lowest BCUT2D eigenvalue weighted by Gasteiger charge is -2.17.